The molecule has 1 atom stereocenters. The number of carbonyl (C=O) groups excluding carboxylic acids is 1. The van der Waals surface area contributed by atoms with Crippen LogP contribution in [0.1, 0.15) is 41.5 Å². The molecule has 170 valence electrons. The third kappa shape index (κ3) is 4.77. The molecule has 33 heavy (non-hydrogen) atoms. The zero-order valence-electron chi connectivity index (χ0n) is 19.0. The van der Waals surface area contributed by atoms with E-state index < -0.39 is 18.1 Å². The molecule has 0 aromatic heterocycles. The first-order chi connectivity index (χ1) is 16.0. The minimum Gasteiger partial charge on any atom is -0.480 e. The number of hydrogen-bond donors (Lipinski definition) is 1. The molecule has 0 radical (unpaired) electrons. The molecule has 0 heterocycles. The fourth-order valence-electron chi connectivity index (χ4n) is 4.62. The van der Waals surface area contributed by atoms with Gasteiger partial charge in [0.15, 0.2) is 0 Å². The third-order valence-electron chi connectivity index (χ3n) is 6.40. The number of carboxylic acids is 1. The van der Waals surface area contributed by atoms with E-state index in [2.05, 4.69) is 24.3 Å². The van der Waals surface area contributed by atoms with Crippen molar-refractivity contribution in [2.75, 3.05) is 13.2 Å². The summed E-state index contributed by atoms with van der Waals surface area (Å²) in [5.41, 5.74) is 6.77. The summed E-state index contributed by atoms with van der Waals surface area (Å²) in [5, 5.41) is 9.84. The van der Waals surface area contributed by atoms with Crippen LogP contribution in [0.3, 0.4) is 0 Å². The molecule has 1 N–H and O–H groups in total. The van der Waals surface area contributed by atoms with Gasteiger partial charge in [-0.2, -0.15) is 0 Å². The second kappa shape index (κ2) is 9.90. The van der Waals surface area contributed by atoms with Gasteiger partial charge in [-0.15, -0.1) is 0 Å². The van der Waals surface area contributed by atoms with Crippen LogP contribution in [0, 0.1) is 6.92 Å². The minimum atomic E-state index is -1.02. The number of amides is 1. The Morgan fingerprint density at radius 3 is 2.06 bits per heavy atom. The molecule has 3 aromatic rings. The van der Waals surface area contributed by atoms with E-state index in [9.17, 15) is 14.7 Å². The number of benzene rings is 3. The van der Waals surface area contributed by atoms with Gasteiger partial charge in [-0.05, 0) is 54.5 Å². The maximum absolute atomic E-state index is 13.0. The van der Waals surface area contributed by atoms with Gasteiger partial charge in [0.1, 0.15) is 12.6 Å². The lowest BCUT2D eigenvalue weighted by molar-refractivity contribution is -0.143. The average molecular weight is 444 g/mol. The number of nitrogens with zero attached hydrogens (tertiary/aromatic N) is 1. The second-order valence-electron chi connectivity index (χ2n) is 8.47. The fourth-order valence-corrected chi connectivity index (χ4v) is 4.62. The Morgan fingerprint density at radius 2 is 1.52 bits per heavy atom. The van der Waals surface area contributed by atoms with Crippen molar-refractivity contribution >= 4 is 12.1 Å². The number of fused-ring (bicyclic) bond motifs is 3. The van der Waals surface area contributed by atoms with E-state index in [4.69, 9.17) is 4.74 Å². The molecule has 5 heteroatoms. The van der Waals surface area contributed by atoms with Crippen LogP contribution in [0.4, 0.5) is 4.79 Å². The summed E-state index contributed by atoms with van der Waals surface area (Å²) in [6.45, 7) is 4.23. The number of rotatable bonds is 8. The lowest BCUT2D eigenvalue weighted by Gasteiger charge is -2.28. The van der Waals surface area contributed by atoms with Crippen LogP contribution >= 0.6 is 0 Å². The first-order valence-corrected chi connectivity index (χ1v) is 11.4. The van der Waals surface area contributed by atoms with Crippen LogP contribution in [0.15, 0.2) is 72.8 Å². The van der Waals surface area contributed by atoms with Crippen LogP contribution < -0.4 is 0 Å². The first-order valence-electron chi connectivity index (χ1n) is 11.4. The lowest BCUT2D eigenvalue weighted by atomic mass is 9.98. The van der Waals surface area contributed by atoms with E-state index >= 15 is 0 Å². The molecule has 1 amide bonds. The summed E-state index contributed by atoms with van der Waals surface area (Å²) in [6.07, 6.45) is 0.316. The van der Waals surface area contributed by atoms with Crippen molar-refractivity contribution in [3.05, 3.63) is 95.1 Å². The van der Waals surface area contributed by atoms with Gasteiger partial charge in [0.05, 0.1) is 0 Å². The minimum absolute atomic E-state index is 0.0594. The molecule has 1 aliphatic rings. The Balaban J connectivity index is 1.45. The molecule has 0 saturated heterocycles. The second-order valence-corrected chi connectivity index (χ2v) is 8.47. The summed E-state index contributed by atoms with van der Waals surface area (Å²) >= 11 is 0. The molecule has 4 rings (SSSR count). The van der Waals surface area contributed by atoms with Crippen LogP contribution in [-0.2, 0) is 16.0 Å². The average Bonchev–Trinajstić information content (AvgIpc) is 3.15. The zero-order valence-corrected chi connectivity index (χ0v) is 19.0. The number of ether oxygens (including phenoxy) is 1. The van der Waals surface area contributed by atoms with Crippen molar-refractivity contribution in [2.24, 2.45) is 0 Å². The zero-order chi connectivity index (χ0) is 23.4. The Labute approximate surface area is 194 Å². The summed E-state index contributed by atoms with van der Waals surface area (Å²) < 4.78 is 5.72. The molecule has 1 aliphatic carbocycles. The lowest BCUT2D eigenvalue weighted by Crippen LogP contribution is -2.45. The quantitative estimate of drug-likeness (QED) is 0.488. The smallest absolute Gasteiger partial charge is 0.410 e. The summed E-state index contributed by atoms with van der Waals surface area (Å²) in [7, 11) is 0. The number of hydrogen-bond acceptors (Lipinski definition) is 3. The molecular weight excluding hydrogens is 414 g/mol. The van der Waals surface area contributed by atoms with Crippen molar-refractivity contribution in [1.29, 1.82) is 0 Å². The van der Waals surface area contributed by atoms with Crippen molar-refractivity contribution in [3.8, 4) is 11.1 Å². The molecule has 0 unspecified atom stereocenters. The highest BCUT2D eigenvalue weighted by Gasteiger charge is 2.32. The molecule has 0 aliphatic heterocycles. The van der Waals surface area contributed by atoms with Gasteiger partial charge in [0.2, 0.25) is 0 Å². The molecule has 5 nitrogen and oxygen atoms in total. The number of carbonyl (C=O) groups is 2. The standard InChI is InChI=1S/C28H29NO4/c1-3-29(26(27(30)31)17-16-20-14-12-19(2)13-15-20)28(32)33-18-25-23-10-6-4-8-21(23)22-9-5-7-11-24(22)25/h4-15,25-26H,3,16-18H2,1-2H3,(H,30,31)/t26-/m0/s1. The van der Waals surface area contributed by atoms with Gasteiger partial charge in [-0.3, -0.25) is 4.90 Å². The van der Waals surface area contributed by atoms with E-state index in [0.717, 1.165) is 33.4 Å². The van der Waals surface area contributed by atoms with Crippen LogP contribution in [0.5, 0.6) is 0 Å². The van der Waals surface area contributed by atoms with Gasteiger partial charge >= 0.3 is 12.1 Å². The highest BCUT2D eigenvalue weighted by molar-refractivity contribution is 5.81. The number of aliphatic carboxylic acids is 1. The Bertz CT molecular complexity index is 1090. The van der Waals surface area contributed by atoms with Crippen molar-refractivity contribution < 1.29 is 19.4 Å². The predicted octanol–water partition coefficient (Wildman–Crippen LogP) is 5.65. The van der Waals surface area contributed by atoms with Crippen molar-refractivity contribution in [3.63, 3.8) is 0 Å². The first kappa shape index (κ1) is 22.6. The van der Waals surface area contributed by atoms with E-state index in [1.54, 1.807) is 6.92 Å². The van der Waals surface area contributed by atoms with E-state index in [0.29, 0.717) is 12.8 Å². The van der Waals surface area contributed by atoms with Crippen molar-refractivity contribution in [2.45, 2.75) is 38.6 Å². The molecule has 0 saturated carbocycles. The Morgan fingerprint density at radius 1 is 0.939 bits per heavy atom. The van der Waals surface area contributed by atoms with Gasteiger partial charge in [0, 0.05) is 12.5 Å². The predicted molar refractivity (Wildman–Crippen MR) is 128 cm³/mol. The van der Waals surface area contributed by atoms with Crippen LogP contribution in [0.2, 0.25) is 0 Å². The van der Waals surface area contributed by atoms with Crippen LogP contribution in [0.25, 0.3) is 11.1 Å². The van der Waals surface area contributed by atoms with E-state index in [1.807, 2.05) is 55.5 Å². The maximum atomic E-state index is 13.0. The molecule has 3 aromatic carbocycles. The highest BCUT2D eigenvalue weighted by atomic mass is 16.6. The Kier molecular flexibility index (Phi) is 6.78. The van der Waals surface area contributed by atoms with Crippen LogP contribution in [-0.4, -0.2) is 41.3 Å². The number of likely N-dealkylation sites (N-methyl/N-ethyl adjacent to an activating group) is 1. The molecule has 0 fully saturated rings. The third-order valence-corrected chi connectivity index (χ3v) is 6.40. The van der Waals surface area contributed by atoms with Gasteiger partial charge in [0.25, 0.3) is 0 Å². The van der Waals surface area contributed by atoms with Gasteiger partial charge < -0.3 is 9.84 Å². The summed E-state index contributed by atoms with van der Waals surface area (Å²) in [4.78, 5) is 26.3. The number of carboxylic acid groups (broad SMARTS) is 1. The SMILES string of the molecule is CCN(C(=O)OCC1c2ccccc2-c2ccccc21)[C@@H](CCc1ccc(C)cc1)C(=O)O. The van der Waals surface area contributed by atoms with Gasteiger partial charge in [-0.25, -0.2) is 9.59 Å². The molecule has 0 spiro atoms. The number of aryl methyl sites for hydroxylation is 2. The summed E-state index contributed by atoms with van der Waals surface area (Å²) in [6, 6.07) is 23.4. The van der Waals surface area contributed by atoms with Crippen molar-refractivity contribution in [1.82, 2.24) is 4.90 Å². The largest absolute Gasteiger partial charge is 0.480 e. The summed E-state index contributed by atoms with van der Waals surface area (Å²) in [5.74, 6) is -1.08. The maximum Gasteiger partial charge on any atom is 0.410 e. The molecular formula is C28H29NO4. The van der Waals surface area contributed by atoms with E-state index in [-0.39, 0.29) is 19.1 Å². The van der Waals surface area contributed by atoms with E-state index in [1.165, 1.54) is 4.90 Å². The molecule has 0 bridgehead atoms. The Hall–Kier alpha value is -3.60. The highest BCUT2D eigenvalue weighted by Crippen LogP contribution is 2.44. The topological polar surface area (TPSA) is 66.8 Å². The van der Waals surface area contributed by atoms with Gasteiger partial charge in [-0.1, -0.05) is 78.4 Å². The normalized spacial score (nSPS) is 13.2. The fraction of sp³-hybridized carbons (Fsp3) is 0.286. The monoisotopic (exact) mass is 443 g/mol.